The van der Waals surface area contributed by atoms with Gasteiger partial charge in [0.25, 0.3) is 0 Å². The van der Waals surface area contributed by atoms with Gasteiger partial charge in [-0.2, -0.15) is 8.42 Å². The Morgan fingerprint density at radius 2 is 1.85 bits per heavy atom. The number of aryl methyl sites for hydroxylation is 1. The Hall–Kier alpha value is -1.80. The number of aliphatic hydroxyl groups is 1. The van der Waals surface area contributed by atoms with E-state index in [0.29, 0.717) is 23.9 Å². The summed E-state index contributed by atoms with van der Waals surface area (Å²) in [6.07, 6.45) is 1.41. The average molecular weight is 413 g/mol. The molecule has 3 N–H and O–H groups in total. The number of aliphatic hydroxyl groups excluding tert-OH is 1. The summed E-state index contributed by atoms with van der Waals surface area (Å²) in [6.45, 7) is 2.59. The number of nitrogens with one attached hydrogen (secondary N) is 2. The third kappa shape index (κ3) is 6.70. The lowest BCUT2D eigenvalue weighted by Crippen LogP contribution is -2.36. The molecule has 1 atom stereocenters. The van der Waals surface area contributed by atoms with Crippen LogP contribution >= 0.6 is 11.6 Å². The number of hydrogen-bond acceptors (Lipinski definition) is 6. The van der Waals surface area contributed by atoms with Gasteiger partial charge in [0, 0.05) is 18.1 Å². The van der Waals surface area contributed by atoms with Crippen LogP contribution in [0.2, 0.25) is 0 Å². The molecule has 148 valence electrons. The third-order valence-electron chi connectivity index (χ3n) is 3.79. The lowest BCUT2D eigenvalue weighted by molar-refractivity contribution is 0.166. The highest BCUT2D eigenvalue weighted by Gasteiger charge is 2.18. The molecule has 0 amide bonds. The van der Waals surface area contributed by atoms with E-state index in [9.17, 15) is 13.5 Å². The number of halogens is 1. The molecule has 0 bridgehead atoms. The van der Waals surface area contributed by atoms with Gasteiger partial charge in [0.15, 0.2) is 6.35 Å². The van der Waals surface area contributed by atoms with Crippen molar-refractivity contribution >= 4 is 27.4 Å². The van der Waals surface area contributed by atoms with Gasteiger partial charge >= 0.3 is 10.1 Å². The Bertz CT molecular complexity index is 813. The highest BCUT2D eigenvalue weighted by Crippen LogP contribution is 2.24. The van der Waals surface area contributed by atoms with Crippen LogP contribution in [0.4, 0.5) is 5.69 Å². The molecule has 6 nitrogen and oxygen atoms in total. The van der Waals surface area contributed by atoms with Gasteiger partial charge < -0.3 is 14.6 Å². The number of alkyl halides is 1. The predicted molar refractivity (Wildman–Crippen MR) is 108 cm³/mol. The summed E-state index contributed by atoms with van der Waals surface area (Å²) in [4.78, 5) is 0.0453. The van der Waals surface area contributed by atoms with Crippen molar-refractivity contribution in [2.45, 2.75) is 37.4 Å². The van der Waals surface area contributed by atoms with Crippen molar-refractivity contribution < 1.29 is 17.7 Å². The third-order valence-corrected chi connectivity index (χ3v) is 5.30. The van der Waals surface area contributed by atoms with Crippen molar-refractivity contribution in [3.05, 3.63) is 54.1 Å². The van der Waals surface area contributed by atoms with E-state index in [1.165, 1.54) is 12.1 Å². The summed E-state index contributed by atoms with van der Waals surface area (Å²) in [6, 6.07) is 13.1. The first kappa shape index (κ1) is 21.5. The lowest BCUT2D eigenvalue weighted by Gasteiger charge is -2.16. The SMILES string of the molecule is CCCc1ccccc1OS(=O)(=O)c1ccc(NC(O)NCCCCl)cc1. The highest BCUT2D eigenvalue weighted by atomic mass is 35.5. The second kappa shape index (κ2) is 10.5. The normalized spacial score (nSPS) is 12.6. The second-order valence-electron chi connectivity index (χ2n) is 5.96. The quantitative estimate of drug-likeness (QED) is 0.227. The van der Waals surface area contributed by atoms with Crippen molar-refractivity contribution in [3.63, 3.8) is 0 Å². The zero-order valence-electron chi connectivity index (χ0n) is 15.2. The molecule has 0 aliphatic carbocycles. The summed E-state index contributed by atoms with van der Waals surface area (Å²) in [7, 11) is -3.94. The standard InChI is InChI=1S/C19H25ClN2O4S/c1-2-6-15-7-3-4-8-18(15)26-27(24,25)17-11-9-16(10-12-17)22-19(23)21-14-5-13-20/h3-4,7-12,19,21-23H,2,5-6,13-14H2,1H3. The monoisotopic (exact) mass is 412 g/mol. The van der Waals surface area contributed by atoms with Gasteiger partial charge in [-0.25, -0.2) is 0 Å². The van der Waals surface area contributed by atoms with Crippen LogP contribution in [0.15, 0.2) is 53.4 Å². The van der Waals surface area contributed by atoms with Crippen LogP contribution in [-0.2, 0) is 16.5 Å². The summed E-state index contributed by atoms with van der Waals surface area (Å²) in [5, 5.41) is 15.5. The largest absolute Gasteiger partial charge is 0.379 e. The van der Waals surface area contributed by atoms with E-state index in [1.54, 1.807) is 24.3 Å². The summed E-state index contributed by atoms with van der Waals surface area (Å²) in [5.74, 6) is 0.855. The molecule has 0 spiro atoms. The zero-order chi connectivity index (χ0) is 19.7. The molecule has 0 aliphatic rings. The summed E-state index contributed by atoms with van der Waals surface area (Å²) < 4.78 is 30.4. The second-order valence-corrected chi connectivity index (χ2v) is 7.89. The number of anilines is 1. The fourth-order valence-electron chi connectivity index (χ4n) is 2.46. The van der Waals surface area contributed by atoms with E-state index in [1.807, 2.05) is 19.1 Å². The van der Waals surface area contributed by atoms with E-state index >= 15 is 0 Å². The van der Waals surface area contributed by atoms with Gasteiger partial charge in [0.05, 0.1) is 0 Å². The van der Waals surface area contributed by atoms with Gasteiger partial charge in [-0.1, -0.05) is 31.5 Å². The van der Waals surface area contributed by atoms with E-state index in [-0.39, 0.29) is 4.90 Å². The van der Waals surface area contributed by atoms with Gasteiger partial charge in [-0.05, 0) is 48.7 Å². The fraction of sp³-hybridized carbons (Fsp3) is 0.368. The Morgan fingerprint density at radius 3 is 2.52 bits per heavy atom. The van der Waals surface area contributed by atoms with E-state index in [4.69, 9.17) is 15.8 Å². The Labute approximate surface area is 165 Å². The molecule has 2 aromatic rings. The minimum atomic E-state index is -3.94. The Morgan fingerprint density at radius 1 is 1.15 bits per heavy atom. The molecule has 0 saturated heterocycles. The molecule has 27 heavy (non-hydrogen) atoms. The van der Waals surface area contributed by atoms with Crippen molar-refractivity contribution in [2.24, 2.45) is 0 Å². The van der Waals surface area contributed by atoms with Crippen LogP contribution in [0.25, 0.3) is 0 Å². The molecule has 0 aliphatic heterocycles. The molecule has 0 heterocycles. The molecule has 2 aromatic carbocycles. The predicted octanol–water partition coefficient (Wildman–Crippen LogP) is 3.31. The fourth-order valence-corrected chi connectivity index (χ4v) is 3.56. The maximum atomic E-state index is 12.5. The number of hydrogen-bond donors (Lipinski definition) is 3. The molecule has 0 radical (unpaired) electrons. The van der Waals surface area contributed by atoms with Gasteiger partial charge in [0.2, 0.25) is 0 Å². The first-order valence-electron chi connectivity index (χ1n) is 8.82. The number of rotatable bonds is 11. The molecular weight excluding hydrogens is 388 g/mol. The Balaban J connectivity index is 2.05. The van der Waals surface area contributed by atoms with Crippen LogP contribution in [0.3, 0.4) is 0 Å². The van der Waals surface area contributed by atoms with E-state index in [2.05, 4.69) is 10.6 Å². The van der Waals surface area contributed by atoms with Crippen molar-refractivity contribution in [1.29, 1.82) is 0 Å². The highest BCUT2D eigenvalue weighted by molar-refractivity contribution is 7.87. The number of benzene rings is 2. The molecule has 0 saturated carbocycles. The van der Waals surface area contributed by atoms with Crippen LogP contribution in [0.1, 0.15) is 25.3 Å². The molecular formula is C19H25ClN2O4S. The first-order valence-corrected chi connectivity index (χ1v) is 10.8. The van der Waals surface area contributed by atoms with Crippen molar-refractivity contribution in [2.75, 3.05) is 17.7 Å². The Kier molecular flexibility index (Phi) is 8.37. The molecule has 8 heteroatoms. The van der Waals surface area contributed by atoms with Crippen molar-refractivity contribution in [1.82, 2.24) is 5.32 Å². The van der Waals surface area contributed by atoms with Gasteiger partial charge in [0.1, 0.15) is 10.6 Å². The zero-order valence-corrected chi connectivity index (χ0v) is 16.8. The van der Waals surface area contributed by atoms with Crippen LogP contribution in [0.5, 0.6) is 5.75 Å². The molecule has 0 aromatic heterocycles. The van der Waals surface area contributed by atoms with Gasteiger partial charge in [-0.15, -0.1) is 11.6 Å². The summed E-state index contributed by atoms with van der Waals surface area (Å²) >= 11 is 5.58. The molecule has 1 unspecified atom stereocenters. The molecule has 0 fully saturated rings. The van der Waals surface area contributed by atoms with E-state index in [0.717, 1.165) is 24.8 Å². The topological polar surface area (TPSA) is 87.7 Å². The minimum absolute atomic E-state index is 0.0453. The van der Waals surface area contributed by atoms with Crippen LogP contribution in [0, 0.1) is 0 Å². The van der Waals surface area contributed by atoms with Crippen LogP contribution in [-0.4, -0.2) is 32.3 Å². The van der Waals surface area contributed by atoms with Gasteiger partial charge in [-0.3, -0.25) is 5.32 Å². The molecule has 2 rings (SSSR count). The maximum Gasteiger partial charge on any atom is 0.339 e. The number of para-hydroxylation sites is 1. The lowest BCUT2D eigenvalue weighted by atomic mass is 10.1. The van der Waals surface area contributed by atoms with Crippen LogP contribution < -0.4 is 14.8 Å². The smallest absolute Gasteiger partial charge is 0.339 e. The first-order chi connectivity index (χ1) is 13.0. The minimum Gasteiger partial charge on any atom is -0.379 e. The maximum absolute atomic E-state index is 12.5. The summed E-state index contributed by atoms with van der Waals surface area (Å²) in [5.41, 5.74) is 1.43. The average Bonchev–Trinajstić information content (AvgIpc) is 2.64. The van der Waals surface area contributed by atoms with Crippen molar-refractivity contribution in [3.8, 4) is 5.75 Å². The van der Waals surface area contributed by atoms with E-state index < -0.39 is 16.5 Å².